The molecule has 1 saturated carbocycles. The SMILES string of the molecule is C#CC1CCC(Cn2c(N3CCOCC3CO)nc3nc(C(N)=NC(=O)O)nc(-c4cccc(Cl)c4)c32)CC1. The van der Waals surface area contributed by atoms with Crippen LogP contribution in [0.4, 0.5) is 10.7 Å². The zero-order chi connectivity index (χ0) is 27.5. The van der Waals surface area contributed by atoms with Gasteiger partial charge in [0.25, 0.3) is 0 Å². The van der Waals surface area contributed by atoms with Gasteiger partial charge in [0, 0.05) is 29.6 Å². The van der Waals surface area contributed by atoms with Gasteiger partial charge in [-0.2, -0.15) is 9.98 Å². The van der Waals surface area contributed by atoms with Crippen molar-refractivity contribution < 1.29 is 19.7 Å². The third-order valence-corrected chi connectivity index (χ3v) is 7.58. The Bertz CT molecular complexity index is 1440. The molecule has 0 radical (unpaired) electrons. The summed E-state index contributed by atoms with van der Waals surface area (Å²) in [5.41, 5.74) is 8.19. The highest BCUT2D eigenvalue weighted by Gasteiger charge is 2.31. The molecule has 1 atom stereocenters. The second-order valence-electron chi connectivity index (χ2n) is 9.87. The van der Waals surface area contributed by atoms with Crippen molar-refractivity contribution >= 4 is 40.6 Å². The zero-order valence-electron chi connectivity index (χ0n) is 21.3. The highest BCUT2D eigenvalue weighted by atomic mass is 35.5. The topological polar surface area (TPSA) is 152 Å². The molecule has 11 nitrogen and oxygen atoms in total. The normalized spacial score (nSPS) is 22.1. The van der Waals surface area contributed by atoms with E-state index in [4.69, 9.17) is 38.6 Å². The first-order valence-corrected chi connectivity index (χ1v) is 13.3. The summed E-state index contributed by atoms with van der Waals surface area (Å²) in [6.07, 6.45) is 8.11. The van der Waals surface area contributed by atoms with Crippen LogP contribution in [-0.2, 0) is 11.3 Å². The smallest absolute Gasteiger partial charge is 0.433 e. The van der Waals surface area contributed by atoms with E-state index in [2.05, 4.69) is 25.4 Å². The number of nitrogens with zero attached hydrogens (tertiary/aromatic N) is 6. The molecule has 2 fully saturated rings. The number of terminal acetylenes is 1. The predicted octanol–water partition coefficient (Wildman–Crippen LogP) is 3.17. The number of morpholine rings is 1. The van der Waals surface area contributed by atoms with Crippen LogP contribution in [0.2, 0.25) is 5.02 Å². The van der Waals surface area contributed by atoms with Crippen LogP contribution in [0.25, 0.3) is 22.4 Å². The number of anilines is 1. The summed E-state index contributed by atoms with van der Waals surface area (Å²) in [7, 11) is 0. The maximum atomic E-state index is 11.2. The fourth-order valence-electron chi connectivity index (χ4n) is 5.36. The Kier molecular flexibility index (Phi) is 7.97. The second kappa shape index (κ2) is 11.6. The summed E-state index contributed by atoms with van der Waals surface area (Å²) in [6, 6.07) is 6.93. The van der Waals surface area contributed by atoms with Crippen LogP contribution in [0.15, 0.2) is 29.3 Å². The van der Waals surface area contributed by atoms with E-state index in [1.807, 2.05) is 17.0 Å². The van der Waals surface area contributed by atoms with Crippen LogP contribution in [0, 0.1) is 24.2 Å². The number of amidine groups is 1. The molecular formula is C27H30ClN7O4. The van der Waals surface area contributed by atoms with Gasteiger partial charge >= 0.3 is 6.09 Å². The lowest BCUT2D eigenvalue weighted by Gasteiger charge is -2.36. The number of aliphatic hydroxyl groups excluding tert-OH is 1. The van der Waals surface area contributed by atoms with Crippen molar-refractivity contribution in [1.29, 1.82) is 0 Å². The standard InChI is InChI=1S/C27H30ClN7O4/c1-2-16-6-8-17(9-7-16)13-35-22-21(18-4-3-5-19(28)12-18)30-25(23(29)31-27(37)38)32-24(22)33-26(35)34-10-11-39-15-20(34)14-36/h1,3-5,12,16-17,20,36H,6-11,13-15H2,(H2,29,31)(H,37,38). The Hall–Kier alpha value is -3.72. The van der Waals surface area contributed by atoms with E-state index in [0.717, 1.165) is 25.7 Å². The zero-order valence-corrected chi connectivity index (χ0v) is 22.1. The van der Waals surface area contributed by atoms with Gasteiger partial charge in [-0.3, -0.25) is 0 Å². The molecule has 4 N–H and O–H groups in total. The molecule has 1 unspecified atom stereocenters. The number of rotatable bonds is 6. The van der Waals surface area contributed by atoms with Crippen molar-refractivity contribution in [2.24, 2.45) is 22.6 Å². The lowest BCUT2D eigenvalue weighted by atomic mass is 9.82. The Morgan fingerprint density at radius 2 is 2.05 bits per heavy atom. The number of carbonyl (C=O) groups is 1. The summed E-state index contributed by atoms with van der Waals surface area (Å²) in [5, 5.41) is 19.8. The van der Waals surface area contributed by atoms with Gasteiger partial charge < -0.3 is 30.2 Å². The first-order valence-electron chi connectivity index (χ1n) is 12.9. The van der Waals surface area contributed by atoms with Crippen LogP contribution in [0.1, 0.15) is 31.5 Å². The monoisotopic (exact) mass is 551 g/mol. The molecule has 1 amide bonds. The van der Waals surface area contributed by atoms with Crippen molar-refractivity contribution in [2.75, 3.05) is 31.3 Å². The van der Waals surface area contributed by atoms with E-state index in [1.165, 1.54) is 0 Å². The average Bonchev–Trinajstić information content (AvgIpc) is 3.30. The number of aliphatic hydroxyl groups is 1. The van der Waals surface area contributed by atoms with Gasteiger partial charge in [0.2, 0.25) is 5.95 Å². The summed E-state index contributed by atoms with van der Waals surface area (Å²) in [5.74, 6) is 3.78. The van der Waals surface area contributed by atoms with E-state index >= 15 is 0 Å². The molecule has 5 rings (SSSR count). The molecule has 0 bridgehead atoms. The van der Waals surface area contributed by atoms with Crippen molar-refractivity contribution in [3.63, 3.8) is 0 Å². The van der Waals surface area contributed by atoms with E-state index in [1.54, 1.807) is 12.1 Å². The number of fused-ring (bicyclic) bond motifs is 1. The average molecular weight is 552 g/mol. The number of halogens is 1. The third kappa shape index (κ3) is 5.68. The Morgan fingerprint density at radius 1 is 1.26 bits per heavy atom. The number of aromatic nitrogens is 4. The molecule has 39 heavy (non-hydrogen) atoms. The van der Waals surface area contributed by atoms with Gasteiger partial charge in [0.05, 0.1) is 25.9 Å². The van der Waals surface area contributed by atoms with E-state index < -0.39 is 6.09 Å². The lowest BCUT2D eigenvalue weighted by molar-refractivity contribution is 0.0713. The highest BCUT2D eigenvalue weighted by molar-refractivity contribution is 6.30. The quantitative estimate of drug-likeness (QED) is 0.238. The molecule has 1 aliphatic carbocycles. The fourth-order valence-corrected chi connectivity index (χ4v) is 5.55. The maximum absolute atomic E-state index is 11.2. The van der Waals surface area contributed by atoms with E-state index in [0.29, 0.717) is 71.5 Å². The molecule has 1 aromatic carbocycles. The molecule has 2 aromatic heterocycles. The van der Waals surface area contributed by atoms with Crippen molar-refractivity contribution in [3.8, 4) is 23.6 Å². The number of hydrogen-bond donors (Lipinski definition) is 3. The molecule has 1 aliphatic heterocycles. The van der Waals surface area contributed by atoms with Crippen LogP contribution < -0.4 is 10.6 Å². The minimum atomic E-state index is -1.45. The number of benzene rings is 1. The highest BCUT2D eigenvalue weighted by Crippen LogP contribution is 2.36. The first-order chi connectivity index (χ1) is 18.9. The molecule has 0 spiro atoms. The minimum Gasteiger partial charge on any atom is -0.463 e. The number of nitrogens with two attached hydrogens (primary N) is 1. The lowest BCUT2D eigenvalue weighted by Crippen LogP contribution is -2.49. The minimum absolute atomic E-state index is 0.0497. The van der Waals surface area contributed by atoms with E-state index in [-0.39, 0.29) is 24.3 Å². The number of amides is 1. The van der Waals surface area contributed by atoms with E-state index in [9.17, 15) is 9.90 Å². The van der Waals surface area contributed by atoms with Gasteiger partial charge in [-0.25, -0.2) is 14.8 Å². The molecule has 204 valence electrons. The summed E-state index contributed by atoms with van der Waals surface area (Å²) >= 11 is 6.35. The molecular weight excluding hydrogens is 522 g/mol. The van der Waals surface area contributed by atoms with Gasteiger partial charge in [-0.05, 0) is 43.7 Å². The Balaban J connectivity index is 1.72. The van der Waals surface area contributed by atoms with Gasteiger partial charge in [0.1, 0.15) is 11.2 Å². The number of aliphatic imine (C=N–C) groups is 1. The van der Waals surface area contributed by atoms with Crippen LogP contribution >= 0.6 is 11.6 Å². The van der Waals surface area contributed by atoms with Crippen molar-refractivity contribution in [3.05, 3.63) is 35.1 Å². The molecule has 3 heterocycles. The summed E-state index contributed by atoms with van der Waals surface area (Å²) in [6.45, 7) is 1.93. The number of carboxylic acid groups (broad SMARTS) is 1. The fraction of sp³-hybridized carbons (Fsp3) is 0.444. The number of ether oxygens (including phenoxy) is 1. The summed E-state index contributed by atoms with van der Waals surface area (Å²) in [4.78, 5) is 30.8. The number of hydrogen-bond acceptors (Lipinski definition) is 7. The van der Waals surface area contributed by atoms with Crippen LogP contribution in [0.5, 0.6) is 0 Å². The predicted molar refractivity (Wildman–Crippen MR) is 148 cm³/mol. The summed E-state index contributed by atoms with van der Waals surface area (Å²) < 4.78 is 7.72. The third-order valence-electron chi connectivity index (χ3n) is 7.34. The van der Waals surface area contributed by atoms with Gasteiger partial charge in [-0.1, -0.05) is 23.7 Å². The maximum Gasteiger partial charge on any atom is 0.433 e. The van der Waals surface area contributed by atoms with Crippen LogP contribution in [-0.4, -0.2) is 74.1 Å². The molecule has 1 saturated heterocycles. The second-order valence-corrected chi connectivity index (χ2v) is 10.3. The largest absolute Gasteiger partial charge is 0.463 e. The number of imidazole rings is 1. The molecule has 2 aliphatic rings. The molecule has 3 aromatic rings. The van der Waals surface area contributed by atoms with Crippen molar-refractivity contribution in [1.82, 2.24) is 19.5 Å². The van der Waals surface area contributed by atoms with Gasteiger partial charge in [-0.15, -0.1) is 12.3 Å². The molecule has 12 heteroatoms. The van der Waals surface area contributed by atoms with Gasteiger partial charge in [0.15, 0.2) is 17.3 Å². The Morgan fingerprint density at radius 3 is 2.74 bits per heavy atom. The van der Waals surface area contributed by atoms with Crippen LogP contribution in [0.3, 0.4) is 0 Å². The van der Waals surface area contributed by atoms with Crippen molar-refractivity contribution in [2.45, 2.75) is 38.3 Å². The first kappa shape index (κ1) is 26.9. The Labute approximate surface area is 230 Å².